The summed E-state index contributed by atoms with van der Waals surface area (Å²) in [6, 6.07) is 11.8. The Kier molecular flexibility index (Phi) is 7.25. The number of hydrogen-bond donors (Lipinski definition) is 0. The summed E-state index contributed by atoms with van der Waals surface area (Å²) in [6.07, 6.45) is -1.06. The first kappa shape index (κ1) is 26.2. The molecule has 0 radical (unpaired) electrons. The van der Waals surface area contributed by atoms with Crippen molar-refractivity contribution in [3.8, 4) is 17.2 Å². The van der Waals surface area contributed by atoms with E-state index in [1.165, 1.54) is 36.4 Å². The maximum absolute atomic E-state index is 14.1. The van der Waals surface area contributed by atoms with Crippen LogP contribution in [0.25, 0.3) is 11.0 Å². The van der Waals surface area contributed by atoms with E-state index >= 15 is 0 Å². The number of nitrogens with zero attached hydrogens (tertiary/aromatic N) is 2. The highest BCUT2D eigenvalue weighted by atomic mass is 19.4. The minimum Gasteiger partial charge on any atom is -0.478 e. The van der Waals surface area contributed by atoms with Gasteiger partial charge in [0.25, 0.3) is 5.76 Å². The first-order chi connectivity index (χ1) is 18.7. The van der Waals surface area contributed by atoms with Crippen LogP contribution in [0.2, 0.25) is 0 Å². The van der Waals surface area contributed by atoms with Gasteiger partial charge in [0.15, 0.2) is 0 Å². The van der Waals surface area contributed by atoms with Gasteiger partial charge >= 0.3 is 12.1 Å². The number of rotatable bonds is 7. The van der Waals surface area contributed by atoms with E-state index in [1.807, 2.05) is 17.9 Å². The molecule has 39 heavy (non-hydrogen) atoms. The number of hydrogen-bond acceptors (Lipinski definition) is 8. The van der Waals surface area contributed by atoms with Crippen molar-refractivity contribution in [2.24, 2.45) is 0 Å². The van der Waals surface area contributed by atoms with Crippen LogP contribution >= 0.6 is 0 Å². The molecule has 0 spiro atoms. The molecular formula is C28H23F3N2O6. The van der Waals surface area contributed by atoms with Crippen molar-refractivity contribution in [3.05, 3.63) is 93.6 Å². The summed E-state index contributed by atoms with van der Waals surface area (Å²) < 4.78 is 63.9. The van der Waals surface area contributed by atoms with Crippen LogP contribution in [0, 0.1) is 0 Å². The van der Waals surface area contributed by atoms with Crippen LogP contribution in [-0.2, 0) is 24.0 Å². The fourth-order valence-electron chi connectivity index (χ4n) is 4.18. The molecular weight excluding hydrogens is 517 g/mol. The van der Waals surface area contributed by atoms with Crippen molar-refractivity contribution in [1.29, 1.82) is 0 Å². The number of halogens is 3. The number of aromatic nitrogens is 1. The number of pyridine rings is 1. The summed E-state index contributed by atoms with van der Waals surface area (Å²) in [5, 5.41) is -0.0802. The molecule has 4 aromatic rings. The van der Waals surface area contributed by atoms with Gasteiger partial charge in [0.1, 0.15) is 23.8 Å². The highest BCUT2D eigenvalue weighted by Gasteiger charge is 2.41. The highest BCUT2D eigenvalue weighted by molar-refractivity contribution is 5.89. The zero-order valence-electron chi connectivity index (χ0n) is 20.8. The molecule has 2 aromatic carbocycles. The lowest BCUT2D eigenvalue weighted by Crippen LogP contribution is -2.32. The summed E-state index contributed by atoms with van der Waals surface area (Å²) >= 11 is 0. The molecule has 0 aliphatic carbocycles. The van der Waals surface area contributed by atoms with Gasteiger partial charge < -0.3 is 18.6 Å². The van der Waals surface area contributed by atoms with Crippen molar-refractivity contribution in [2.75, 3.05) is 13.3 Å². The second kappa shape index (κ2) is 10.8. The summed E-state index contributed by atoms with van der Waals surface area (Å²) in [5.41, 5.74) is 0.207. The maximum Gasteiger partial charge on any atom is 0.453 e. The van der Waals surface area contributed by atoms with E-state index in [9.17, 15) is 22.8 Å². The zero-order chi connectivity index (χ0) is 27.6. The number of esters is 1. The Bertz CT molecular complexity index is 1550. The third kappa shape index (κ3) is 5.58. The van der Waals surface area contributed by atoms with Crippen LogP contribution < -0.4 is 14.9 Å². The smallest absolute Gasteiger partial charge is 0.453 e. The first-order valence-electron chi connectivity index (χ1n) is 12.1. The molecule has 202 valence electrons. The predicted molar refractivity (Wildman–Crippen MR) is 134 cm³/mol. The van der Waals surface area contributed by atoms with Gasteiger partial charge in [-0.15, -0.1) is 0 Å². The first-order valence-corrected chi connectivity index (χ1v) is 12.1. The van der Waals surface area contributed by atoms with Gasteiger partial charge in [-0.3, -0.25) is 14.7 Å². The third-order valence-electron chi connectivity index (χ3n) is 6.00. The van der Waals surface area contributed by atoms with Crippen LogP contribution in [0.5, 0.6) is 17.2 Å². The fourth-order valence-corrected chi connectivity index (χ4v) is 4.18. The lowest BCUT2D eigenvalue weighted by Gasteiger charge is -2.29. The standard InChI is InChI=1S/C28H23F3N2O6/c1-2-12-36-27(35)18-5-7-19(8-6-18)38-25-23(34)20-9-10-22-21(24(20)39-26(25)28(29,30)31)15-33(16-37-22)14-17-4-3-11-32-13-17/h3-11,13H,2,12,14-16H2,1H3. The average Bonchev–Trinajstić information content (AvgIpc) is 2.93. The Morgan fingerprint density at radius 3 is 2.62 bits per heavy atom. The lowest BCUT2D eigenvalue weighted by molar-refractivity contribution is -0.154. The van der Waals surface area contributed by atoms with Crippen molar-refractivity contribution in [3.63, 3.8) is 0 Å². The van der Waals surface area contributed by atoms with Gasteiger partial charge in [-0.2, -0.15) is 13.2 Å². The molecule has 11 heteroatoms. The molecule has 0 fully saturated rings. The molecule has 1 aliphatic rings. The molecule has 0 atom stereocenters. The van der Waals surface area contributed by atoms with Crippen LogP contribution in [0.15, 0.2) is 70.1 Å². The predicted octanol–water partition coefficient (Wildman–Crippen LogP) is 5.92. The van der Waals surface area contributed by atoms with E-state index in [0.717, 1.165) is 5.56 Å². The van der Waals surface area contributed by atoms with Crippen molar-refractivity contribution < 1.29 is 36.6 Å². The number of fused-ring (bicyclic) bond motifs is 3. The van der Waals surface area contributed by atoms with Gasteiger partial charge in [-0.1, -0.05) is 13.0 Å². The number of carbonyl (C=O) groups is 1. The second-order valence-corrected chi connectivity index (χ2v) is 8.89. The van der Waals surface area contributed by atoms with Crippen molar-refractivity contribution in [1.82, 2.24) is 9.88 Å². The maximum atomic E-state index is 14.1. The Labute approximate surface area is 220 Å². The topological polar surface area (TPSA) is 91.1 Å². The van der Waals surface area contributed by atoms with Gasteiger partial charge in [0.2, 0.25) is 11.2 Å². The molecule has 2 aromatic heterocycles. The van der Waals surface area contributed by atoms with Crippen LogP contribution in [0.1, 0.15) is 40.6 Å². The Hall–Kier alpha value is -4.38. The Morgan fingerprint density at radius 2 is 1.92 bits per heavy atom. The molecule has 0 saturated carbocycles. The number of alkyl halides is 3. The normalized spacial score (nSPS) is 13.5. The van der Waals surface area contributed by atoms with Crippen LogP contribution in [0.4, 0.5) is 13.2 Å². The number of ether oxygens (including phenoxy) is 3. The third-order valence-corrected chi connectivity index (χ3v) is 6.00. The molecule has 1 aliphatic heterocycles. The van der Waals surface area contributed by atoms with Crippen LogP contribution in [0.3, 0.4) is 0 Å². The molecule has 0 N–H and O–H groups in total. The summed E-state index contributed by atoms with van der Waals surface area (Å²) in [5.74, 6) is -2.89. The van der Waals surface area contributed by atoms with E-state index in [-0.39, 0.29) is 42.2 Å². The van der Waals surface area contributed by atoms with Crippen molar-refractivity contribution in [2.45, 2.75) is 32.6 Å². The zero-order valence-corrected chi connectivity index (χ0v) is 20.8. The van der Waals surface area contributed by atoms with Gasteiger partial charge in [0.05, 0.1) is 23.1 Å². The quantitative estimate of drug-likeness (QED) is 0.267. The fraction of sp³-hybridized carbons (Fsp3) is 0.250. The van der Waals surface area contributed by atoms with Gasteiger partial charge in [-0.25, -0.2) is 4.79 Å². The monoisotopic (exact) mass is 540 g/mol. The highest BCUT2D eigenvalue weighted by Crippen LogP contribution is 2.41. The van der Waals surface area contributed by atoms with E-state index in [2.05, 4.69) is 4.98 Å². The van der Waals surface area contributed by atoms with Crippen molar-refractivity contribution >= 4 is 16.9 Å². The number of benzene rings is 2. The van der Waals surface area contributed by atoms with E-state index in [0.29, 0.717) is 24.3 Å². The Morgan fingerprint density at radius 1 is 1.13 bits per heavy atom. The van der Waals surface area contributed by atoms with Crippen LogP contribution in [-0.4, -0.2) is 29.2 Å². The average molecular weight is 540 g/mol. The molecule has 0 bridgehead atoms. The van der Waals surface area contributed by atoms with Gasteiger partial charge in [0, 0.05) is 25.5 Å². The minimum absolute atomic E-state index is 0.0802. The largest absolute Gasteiger partial charge is 0.478 e. The minimum atomic E-state index is -5.03. The molecule has 0 amide bonds. The SMILES string of the molecule is CCCOC(=O)c1ccc(Oc2c(C(F)(F)F)oc3c4c(ccc3c2=O)OCN(Cc2cccnc2)C4)cc1. The van der Waals surface area contributed by atoms with E-state index < -0.39 is 29.1 Å². The molecule has 0 saturated heterocycles. The second-order valence-electron chi connectivity index (χ2n) is 8.89. The summed E-state index contributed by atoms with van der Waals surface area (Å²) in [7, 11) is 0. The molecule has 5 rings (SSSR count). The molecule has 8 nitrogen and oxygen atoms in total. The van der Waals surface area contributed by atoms with E-state index in [1.54, 1.807) is 18.5 Å². The molecule has 0 unspecified atom stereocenters. The van der Waals surface area contributed by atoms with E-state index in [4.69, 9.17) is 18.6 Å². The Balaban J connectivity index is 1.50. The lowest BCUT2D eigenvalue weighted by atomic mass is 10.1. The molecule has 3 heterocycles. The summed E-state index contributed by atoms with van der Waals surface area (Å²) in [4.78, 5) is 31.3. The number of carbonyl (C=O) groups excluding carboxylic acids is 1. The van der Waals surface area contributed by atoms with Gasteiger partial charge in [-0.05, 0) is 54.4 Å². The summed E-state index contributed by atoms with van der Waals surface area (Å²) in [6.45, 7) is 2.91.